The van der Waals surface area contributed by atoms with Crippen molar-refractivity contribution in [3.8, 4) is 0 Å². The standard InChI is InChI=1S/C19H24N4O3S2/c1-14-6-9-18(27-14)28(25,26)23-12-4-5-16(23)19(24)21-15-7-8-17(20-13-15)22-10-2-3-11-22/h6-9,13,16H,2-5,10-12H2,1H3,(H,21,24)/t16-/m0/s1. The number of aromatic nitrogens is 1. The maximum absolute atomic E-state index is 12.9. The summed E-state index contributed by atoms with van der Waals surface area (Å²) in [6.45, 7) is 4.26. The lowest BCUT2D eigenvalue weighted by molar-refractivity contribution is -0.119. The minimum absolute atomic E-state index is 0.293. The van der Waals surface area contributed by atoms with E-state index in [9.17, 15) is 13.2 Å². The van der Waals surface area contributed by atoms with E-state index in [1.807, 2.05) is 19.1 Å². The first-order chi connectivity index (χ1) is 13.4. The van der Waals surface area contributed by atoms with E-state index in [1.54, 1.807) is 18.3 Å². The Hall–Kier alpha value is -1.97. The van der Waals surface area contributed by atoms with E-state index in [1.165, 1.54) is 28.5 Å². The summed E-state index contributed by atoms with van der Waals surface area (Å²) in [5, 5.41) is 2.84. The molecule has 9 heteroatoms. The normalized spacial score (nSPS) is 20.6. The highest BCUT2D eigenvalue weighted by Gasteiger charge is 2.40. The van der Waals surface area contributed by atoms with Gasteiger partial charge in [0.1, 0.15) is 16.1 Å². The molecule has 28 heavy (non-hydrogen) atoms. The number of sulfonamides is 1. The molecule has 0 radical (unpaired) electrons. The fourth-order valence-electron chi connectivity index (χ4n) is 3.78. The predicted octanol–water partition coefficient (Wildman–Crippen LogP) is 2.84. The molecule has 0 saturated carbocycles. The third-order valence-corrected chi connectivity index (χ3v) is 8.61. The van der Waals surface area contributed by atoms with E-state index in [2.05, 4.69) is 15.2 Å². The van der Waals surface area contributed by atoms with Crippen molar-refractivity contribution in [2.24, 2.45) is 0 Å². The molecule has 0 bridgehead atoms. The van der Waals surface area contributed by atoms with Crippen molar-refractivity contribution in [3.63, 3.8) is 0 Å². The van der Waals surface area contributed by atoms with E-state index in [4.69, 9.17) is 0 Å². The number of carbonyl (C=O) groups is 1. The van der Waals surface area contributed by atoms with Gasteiger partial charge in [0, 0.05) is 24.5 Å². The van der Waals surface area contributed by atoms with Crippen molar-refractivity contribution in [1.29, 1.82) is 0 Å². The third kappa shape index (κ3) is 3.78. The highest BCUT2D eigenvalue weighted by atomic mass is 32.2. The molecule has 2 aromatic heterocycles. The quantitative estimate of drug-likeness (QED) is 0.804. The summed E-state index contributed by atoms with van der Waals surface area (Å²) >= 11 is 1.24. The van der Waals surface area contributed by atoms with Crippen LogP contribution in [0.25, 0.3) is 0 Å². The first-order valence-corrected chi connectivity index (χ1v) is 11.8. The van der Waals surface area contributed by atoms with E-state index in [0.29, 0.717) is 29.3 Å². The Morgan fingerprint density at radius 1 is 1.14 bits per heavy atom. The first-order valence-electron chi connectivity index (χ1n) is 9.55. The molecule has 2 saturated heterocycles. The van der Waals surface area contributed by atoms with Crippen LogP contribution in [0.5, 0.6) is 0 Å². The summed E-state index contributed by atoms with van der Waals surface area (Å²) in [6, 6.07) is 6.44. The zero-order valence-corrected chi connectivity index (χ0v) is 17.4. The van der Waals surface area contributed by atoms with Gasteiger partial charge < -0.3 is 10.2 Å². The molecule has 0 spiro atoms. The molecule has 2 fully saturated rings. The van der Waals surface area contributed by atoms with Crippen LogP contribution in [-0.2, 0) is 14.8 Å². The molecule has 1 amide bonds. The molecular formula is C19H24N4O3S2. The Balaban J connectivity index is 1.46. The van der Waals surface area contributed by atoms with E-state index < -0.39 is 16.1 Å². The predicted molar refractivity (Wildman–Crippen MR) is 110 cm³/mol. The van der Waals surface area contributed by atoms with E-state index >= 15 is 0 Å². The molecule has 2 aromatic rings. The van der Waals surface area contributed by atoms with Crippen molar-refractivity contribution in [2.75, 3.05) is 29.9 Å². The van der Waals surface area contributed by atoms with Gasteiger partial charge >= 0.3 is 0 Å². The molecule has 4 heterocycles. The van der Waals surface area contributed by atoms with Crippen LogP contribution >= 0.6 is 11.3 Å². The van der Waals surface area contributed by atoms with Crippen LogP contribution in [-0.4, -0.2) is 49.3 Å². The summed E-state index contributed by atoms with van der Waals surface area (Å²) in [4.78, 5) is 20.4. The lowest BCUT2D eigenvalue weighted by Gasteiger charge is -2.23. The summed E-state index contributed by atoms with van der Waals surface area (Å²) < 4.78 is 27.5. The number of amides is 1. The summed E-state index contributed by atoms with van der Waals surface area (Å²) in [6.07, 6.45) is 5.19. The fraction of sp³-hybridized carbons (Fsp3) is 0.474. The van der Waals surface area contributed by atoms with Crippen LogP contribution in [0.15, 0.2) is 34.7 Å². The Labute approximate surface area is 169 Å². The van der Waals surface area contributed by atoms with Crippen LogP contribution < -0.4 is 10.2 Å². The smallest absolute Gasteiger partial charge is 0.253 e. The summed E-state index contributed by atoms with van der Waals surface area (Å²) in [7, 11) is -3.65. The summed E-state index contributed by atoms with van der Waals surface area (Å²) in [5.41, 5.74) is 0.587. The van der Waals surface area contributed by atoms with Gasteiger partial charge in [-0.05, 0) is 56.9 Å². The lowest BCUT2D eigenvalue weighted by Crippen LogP contribution is -2.42. The van der Waals surface area contributed by atoms with Crippen LogP contribution in [0, 0.1) is 6.92 Å². The Morgan fingerprint density at radius 3 is 2.57 bits per heavy atom. The molecule has 0 aromatic carbocycles. The number of anilines is 2. The SMILES string of the molecule is Cc1ccc(S(=O)(=O)N2CCC[C@H]2C(=O)Nc2ccc(N3CCCC3)nc2)s1. The van der Waals surface area contributed by atoms with Crippen LogP contribution in [0.1, 0.15) is 30.6 Å². The van der Waals surface area contributed by atoms with Gasteiger partial charge in [0.2, 0.25) is 5.91 Å². The number of hydrogen-bond acceptors (Lipinski definition) is 6. The van der Waals surface area contributed by atoms with Crippen molar-refractivity contribution < 1.29 is 13.2 Å². The van der Waals surface area contributed by atoms with Gasteiger partial charge in [0.05, 0.1) is 11.9 Å². The van der Waals surface area contributed by atoms with Gasteiger partial charge in [0.15, 0.2) is 0 Å². The van der Waals surface area contributed by atoms with Gasteiger partial charge in [-0.1, -0.05) is 0 Å². The Morgan fingerprint density at radius 2 is 1.93 bits per heavy atom. The molecule has 2 aliphatic rings. The van der Waals surface area contributed by atoms with Crippen molar-refractivity contribution >= 4 is 38.8 Å². The molecule has 2 aliphatic heterocycles. The zero-order chi connectivity index (χ0) is 19.7. The maximum atomic E-state index is 12.9. The van der Waals surface area contributed by atoms with Crippen LogP contribution in [0.4, 0.5) is 11.5 Å². The molecule has 0 unspecified atom stereocenters. The number of carbonyl (C=O) groups excluding carboxylic acids is 1. The first kappa shape index (κ1) is 19.4. The van der Waals surface area contributed by atoms with Crippen LogP contribution in [0.2, 0.25) is 0 Å². The highest BCUT2D eigenvalue weighted by Crippen LogP contribution is 2.30. The number of nitrogens with zero attached hydrogens (tertiary/aromatic N) is 3. The minimum atomic E-state index is -3.65. The van der Waals surface area contributed by atoms with E-state index in [-0.39, 0.29) is 5.91 Å². The van der Waals surface area contributed by atoms with E-state index in [0.717, 1.165) is 23.8 Å². The average Bonchev–Trinajstić information content (AvgIpc) is 3.43. The molecule has 150 valence electrons. The second-order valence-electron chi connectivity index (χ2n) is 7.23. The molecule has 0 aliphatic carbocycles. The van der Waals surface area contributed by atoms with Crippen LogP contribution in [0.3, 0.4) is 0 Å². The number of thiophene rings is 1. The monoisotopic (exact) mass is 420 g/mol. The van der Waals surface area contributed by atoms with Gasteiger partial charge in [-0.3, -0.25) is 4.79 Å². The molecule has 1 atom stereocenters. The third-order valence-electron chi connectivity index (χ3n) is 5.23. The molecular weight excluding hydrogens is 396 g/mol. The Kier molecular flexibility index (Phi) is 5.39. The molecule has 1 N–H and O–H groups in total. The second kappa shape index (κ2) is 7.81. The minimum Gasteiger partial charge on any atom is -0.357 e. The topological polar surface area (TPSA) is 82.6 Å². The van der Waals surface area contributed by atoms with Gasteiger partial charge in [-0.2, -0.15) is 4.31 Å². The molecule has 7 nitrogen and oxygen atoms in total. The van der Waals surface area contributed by atoms with Gasteiger partial charge in [0.25, 0.3) is 10.0 Å². The maximum Gasteiger partial charge on any atom is 0.253 e. The highest BCUT2D eigenvalue weighted by molar-refractivity contribution is 7.91. The Bertz CT molecular complexity index is 950. The number of hydrogen-bond donors (Lipinski definition) is 1. The zero-order valence-electron chi connectivity index (χ0n) is 15.8. The average molecular weight is 421 g/mol. The van der Waals surface area contributed by atoms with Crippen molar-refractivity contribution in [2.45, 2.75) is 42.9 Å². The number of nitrogens with one attached hydrogen (secondary N) is 1. The number of aryl methyl sites for hydroxylation is 1. The fourth-order valence-corrected chi connectivity index (χ4v) is 6.84. The second-order valence-corrected chi connectivity index (χ2v) is 10.6. The summed E-state index contributed by atoms with van der Waals surface area (Å²) in [5.74, 6) is 0.610. The van der Waals surface area contributed by atoms with Gasteiger partial charge in [-0.25, -0.2) is 13.4 Å². The largest absolute Gasteiger partial charge is 0.357 e. The number of pyridine rings is 1. The van der Waals surface area contributed by atoms with Gasteiger partial charge in [-0.15, -0.1) is 11.3 Å². The lowest BCUT2D eigenvalue weighted by atomic mass is 10.2. The molecule has 4 rings (SSSR count). The van der Waals surface area contributed by atoms with Crippen molar-refractivity contribution in [3.05, 3.63) is 35.3 Å². The van der Waals surface area contributed by atoms with Crippen molar-refractivity contribution in [1.82, 2.24) is 9.29 Å². The number of rotatable bonds is 5.